The fourth-order valence-corrected chi connectivity index (χ4v) is 2.51. The van der Waals surface area contributed by atoms with Crippen molar-refractivity contribution in [3.63, 3.8) is 0 Å². The number of ether oxygens (including phenoxy) is 2. The van der Waals surface area contributed by atoms with Gasteiger partial charge in [-0.1, -0.05) is 12.8 Å². The number of hydrogen-bond donors (Lipinski definition) is 1. The number of rotatable bonds is 9. The zero-order valence-corrected chi connectivity index (χ0v) is 12.4. The van der Waals surface area contributed by atoms with Gasteiger partial charge in [-0.05, 0) is 30.2 Å². The number of nitrogens with zero attached hydrogens (tertiary/aromatic N) is 4. The molecule has 0 amide bonds. The zero-order chi connectivity index (χ0) is 14.2. The van der Waals surface area contributed by atoms with Crippen LogP contribution in [0.5, 0.6) is 0 Å². The summed E-state index contributed by atoms with van der Waals surface area (Å²) in [5.74, 6) is 0.844. The third kappa shape index (κ3) is 4.50. The molecule has 1 saturated carbocycles. The van der Waals surface area contributed by atoms with Gasteiger partial charge < -0.3 is 14.8 Å². The lowest BCUT2D eigenvalue weighted by atomic mass is 10.3. The number of tetrazole rings is 1. The van der Waals surface area contributed by atoms with E-state index in [9.17, 15) is 0 Å². The molecule has 2 rings (SSSR count). The summed E-state index contributed by atoms with van der Waals surface area (Å²) >= 11 is 0. The van der Waals surface area contributed by atoms with Crippen molar-refractivity contribution in [1.29, 1.82) is 0 Å². The van der Waals surface area contributed by atoms with E-state index in [1.54, 1.807) is 7.11 Å². The minimum atomic E-state index is 0.103. The van der Waals surface area contributed by atoms with Crippen molar-refractivity contribution in [2.75, 3.05) is 26.9 Å². The Labute approximate surface area is 120 Å². The van der Waals surface area contributed by atoms with Crippen molar-refractivity contribution in [2.45, 2.75) is 51.3 Å². The summed E-state index contributed by atoms with van der Waals surface area (Å²) in [5.41, 5.74) is 0. The first kappa shape index (κ1) is 15.3. The van der Waals surface area contributed by atoms with Crippen LogP contribution >= 0.6 is 0 Å². The SMILES string of the molecule is COCCNC(C)c1nnnn1CCOC1CCCC1. The van der Waals surface area contributed by atoms with Crippen LogP contribution in [-0.4, -0.2) is 53.2 Å². The van der Waals surface area contributed by atoms with Crippen molar-refractivity contribution in [3.05, 3.63) is 5.82 Å². The Balaban J connectivity index is 1.75. The molecule has 1 aromatic rings. The maximum atomic E-state index is 5.85. The highest BCUT2D eigenvalue weighted by Crippen LogP contribution is 2.20. The van der Waals surface area contributed by atoms with Crippen LogP contribution in [0.3, 0.4) is 0 Å². The Bertz CT molecular complexity index is 379. The summed E-state index contributed by atoms with van der Waals surface area (Å²) < 4.78 is 12.7. The number of methoxy groups -OCH3 is 1. The topological polar surface area (TPSA) is 74.1 Å². The van der Waals surface area contributed by atoms with Gasteiger partial charge >= 0.3 is 0 Å². The Morgan fingerprint density at radius 1 is 1.35 bits per heavy atom. The van der Waals surface area contributed by atoms with Crippen molar-refractivity contribution in [3.8, 4) is 0 Å². The predicted molar refractivity (Wildman–Crippen MR) is 74.3 cm³/mol. The van der Waals surface area contributed by atoms with Gasteiger partial charge in [-0.25, -0.2) is 4.68 Å². The number of hydrogen-bond acceptors (Lipinski definition) is 6. The molecule has 114 valence electrons. The molecule has 1 N–H and O–H groups in total. The quantitative estimate of drug-likeness (QED) is 0.680. The Hall–Kier alpha value is -1.05. The van der Waals surface area contributed by atoms with Crippen LogP contribution in [0.15, 0.2) is 0 Å². The van der Waals surface area contributed by atoms with Crippen LogP contribution in [0.4, 0.5) is 0 Å². The molecule has 0 bridgehead atoms. The van der Waals surface area contributed by atoms with Crippen molar-refractivity contribution < 1.29 is 9.47 Å². The molecular formula is C13H25N5O2. The second-order valence-electron chi connectivity index (χ2n) is 5.21. The highest BCUT2D eigenvalue weighted by molar-refractivity contribution is 4.89. The summed E-state index contributed by atoms with van der Waals surface area (Å²) in [7, 11) is 1.69. The summed E-state index contributed by atoms with van der Waals surface area (Å²) in [4.78, 5) is 0. The highest BCUT2D eigenvalue weighted by atomic mass is 16.5. The largest absolute Gasteiger partial charge is 0.383 e. The maximum absolute atomic E-state index is 5.85. The van der Waals surface area contributed by atoms with Crippen LogP contribution in [0.1, 0.15) is 44.5 Å². The van der Waals surface area contributed by atoms with E-state index >= 15 is 0 Å². The smallest absolute Gasteiger partial charge is 0.168 e. The van der Waals surface area contributed by atoms with Crippen molar-refractivity contribution in [2.24, 2.45) is 0 Å². The molecule has 0 aromatic carbocycles. The lowest BCUT2D eigenvalue weighted by Crippen LogP contribution is -2.26. The normalized spacial score (nSPS) is 17.7. The molecule has 0 spiro atoms. The van der Waals surface area contributed by atoms with Crippen LogP contribution < -0.4 is 5.32 Å². The van der Waals surface area contributed by atoms with Gasteiger partial charge in [-0.2, -0.15) is 0 Å². The minimum Gasteiger partial charge on any atom is -0.383 e. The highest BCUT2D eigenvalue weighted by Gasteiger charge is 2.17. The van der Waals surface area contributed by atoms with E-state index in [0.717, 1.165) is 12.4 Å². The molecular weight excluding hydrogens is 258 g/mol. The Kier molecular flexibility index (Phi) is 6.35. The number of aromatic nitrogens is 4. The summed E-state index contributed by atoms with van der Waals surface area (Å²) in [5, 5.41) is 15.2. The fraction of sp³-hybridized carbons (Fsp3) is 0.923. The molecule has 1 fully saturated rings. The molecule has 1 aromatic heterocycles. The average Bonchev–Trinajstić information content (AvgIpc) is 3.10. The van der Waals surface area contributed by atoms with Gasteiger partial charge in [0, 0.05) is 13.7 Å². The Morgan fingerprint density at radius 2 is 2.15 bits per heavy atom. The van der Waals surface area contributed by atoms with E-state index in [2.05, 4.69) is 27.8 Å². The molecule has 1 heterocycles. The second-order valence-corrected chi connectivity index (χ2v) is 5.21. The zero-order valence-electron chi connectivity index (χ0n) is 12.4. The van der Waals surface area contributed by atoms with Crippen LogP contribution in [-0.2, 0) is 16.0 Å². The van der Waals surface area contributed by atoms with Gasteiger partial charge in [0.2, 0.25) is 0 Å². The van der Waals surface area contributed by atoms with E-state index in [1.165, 1.54) is 25.7 Å². The summed E-state index contributed by atoms with van der Waals surface area (Å²) in [6, 6.07) is 0.103. The lowest BCUT2D eigenvalue weighted by Gasteiger charge is -2.14. The van der Waals surface area contributed by atoms with E-state index < -0.39 is 0 Å². The first-order valence-corrected chi connectivity index (χ1v) is 7.41. The molecule has 20 heavy (non-hydrogen) atoms. The third-order valence-corrected chi connectivity index (χ3v) is 3.66. The van der Waals surface area contributed by atoms with E-state index in [0.29, 0.717) is 25.9 Å². The standard InChI is InChI=1S/C13H25N5O2/c1-11(14-7-9-19-2)13-15-16-17-18(13)8-10-20-12-5-3-4-6-12/h11-12,14H,3-10H2,1-2H3. The predicted octanol–water partition coefficient (Wildman–Crippen LogP) is 0.929. The molecule has 1 atom stereocenters. The van der Waals surface area contributed by atoms with Crippen molar-refractivity contribution >= 4 is 0 Å². The van der Waals surface area contributed by atoms with Crippen LogP contribution in [0.2, 0.25) is 0 Å². The van der Waals surface area contributed by atoms with Crippen molar-refractivity contribution in [1.82, 2.24) is 25.5 Å². The van der Waals surface area contributed by atoms with Gasteiger partial charge in [-0.15, -0.1) is 5.10 Å². The van der Waals surface area contributed by atoms with Gasteiger partial charge in [0.1, 0.15) is 0 Å². The number of nitrogens with one attached hydrogen (secondary N) is 1. The third-order valence-electron chi connectivity index (χ3n) is 3.66. The summed E-state index contributed by atoms with van der Waals surface area (Å²) in [6.07, 6.45) is 5.41. The van der Waals surface area contributed by atoms with Gasteiger partial charge in [-0.3, -0.25) is 0 Å². The van der Waals surface area contributed by atoms with E-state index in [4.69, 9.17) is 9.47 Å². The molecule has 0 saturated heterocycles. The fourth-order valence-electron chi connectivity index (χ4n) is 2.51. The van der Waals surface area contributed by atoms with Gasteiger partial charge in [0.25, 0.3) is 0 Å². The maximum Gasteiger partial charge on any atom is 0.168 e. The average molecular weight is 283 g/mol. The first-order valence-electron chi connectivity index (χ1n) is 7.41. The monoisotopic (exact) mass is 283 g/mol. The molecule has 0 radical (unpaired) electrons. The molecule has 1 aliphatic rings. The van der Waals surface area contributed by atoms with Gasteiger partial charge in [0.05, 0.1) is 31.9 Å². The van der Waals surface area contributed by atoms with E-state index in [1.807, 2.05) is 4.68 Å². The minimum absolute atomic E-state index is 0.103. The molecule has 0 aliphatic heterocycles. The first-order chi connectivity index (χ1) is 9.81. The molecule has 1 aliphatic carbocycles. The van der Waals surface area contributed by atoms with Crippen LogP contribution in [0.25, 0.3) is 0 Å². The molecule has 7 heteroatoms. The second kappa shape index (κ2) is 8.28. The Morgan fingerprint density at radius 3 is 2.90 bits per heavy atom. The van der Waals surface area contributed by atoms with E-state index in [-0.39, 0.29) is 6.04 Å². The van der Waals surface area contributed by atoms with Crippen LogP contribution in [0, 0.1) is 0 Å². The molecule has 7 nitrogen and oxygen atoms in total. The summed E-state index contributed by atoms with van der Waals surface area (Å²) in [6.45, 7) is 4.89. The molecule has 1 unspecified atom stereocenters. The van der Waals surface area contributed by atoms with Gasteiger partial charge in [0.15, 0.2) is 5.82 Å². The lowest BCUT2D eigenvalue weighted by molar-refractivity contribution is 0.0505.